The molecule has 0 aliphatic carbocycles. The van der Waals surface area contributed by atoms with Gasteiger partial charge in [-0.05, 0) is 29.7 Å². The fourth-order valence-corrected chi connectivity index (χ4v) is 1.79. The van der Waals surface area contributed by atoms with Crippen molar-refractivity contribution in [1.29, 1.82) is 0 Å². The average Bonchev–Trinajstić information content (AvgIpc) is 3.05. The number of carbonyl (C=O) groups excluding carboxylic acids is 2. The molecule has 2 aromatic rings. The third-order valence-electron chi connectivity index (χ3n) is 1.99. The first-order valence-corrected chi connectivity index (χ1v) is 5.99. The van der Waals surface area contributed by atoms with Gasteiger partial charge in [0.25, 0.3) is 11.8 Å². The van der Waals surface area contributed by atoms with E-state index in [9.17, 15) is 9.59 Å². The second-order valence-corrected chi connectivity index (χ2v) is 4.22. The largest absolute Gasteiger partial charge is 0.465 e. The second kappa shape index (κ2) is 5.83. The summed E-state index contributed by atoms with van der Waals surface area (Å²) in [7, 11) is 0. The first kappa shape index (κ1) is 12.1. The van der Waals surface area contributed by atoms with E-state index in [1.165, 1.54) is 29.8 Å². The first-order chi connectivity index (χ1) is 8.75. The summed E-state index contributed by atoms with van der Waals surface area (Å²) in [5.74, 6) is -0.212. The van der Waals surface area contributed by atoms with Crippen molar-refractivity contribution in [2.75, 3.05) is 0 Å². The van der Waals surface area contributed by atoms with E-state index in [0.717, 1.165) is 0 Å². The summed E-state index contributed by atoms with van der Waals surface area (Å²) in [6.07, 6.45) is 4.29. The van der Waals surface area contributed by atoms with Gasteiger partial charge in [-0.25, -0.2) is 0 Å². The predicted molar refractivity (Wildman–Crippen MR) is 67.7 cm³/mol. The lowest BCUT2D eigenvalue weighted by molar-refractivity contribution is -0.117. The molecular weight excluding hydrogens is 252 g/mol. The predicted octanol–water partition coefficient (Wildman–Crippen LogP) is 1.82. The number of nitrogens with one attached hydrogen (secondary N) is 2. The van der Waals surface area contributed by atoms with Crippen LogP contribution < -0.4 is 10.9 Å². The van der Waals surface area contributed by atoms with Crippen molar-refractivity contribution in [1.82, 2.24) is 10.9 Å². The third-order valence-corrected chi connectivity index (χ3v) is 2.85. The number of hydrogen-bond acceptors (Lipinski definition) is 4. The van der Waals surface area contributed by atoms with E-state index in [-0.39, 0.29) is 5.91 Å². The molecule has 92 valence electrons. The van der Waals surface area contributed by atoms with Gasteiger partial charge in [-0.15, -0.1) is 11.3 Å². The smallest absolute Gasteiger partial charge is 0.279 e. The van der Waals surface area contributed by atoms with E-state index >= 15 is 0 Å². The molecule has 2 heterocycles. The van der Waals surface area contributed by atoms with Gasteiger partial charge in [-0.1, -0.05) is 6.07 Å². The number of furan rings is 1. The van der Waals surface area contributed by atoms with Gasteiger partial charge in [-0.3, -0.25) is 20.4 Å². The van der Waals surface area contributed by atoms with Gasteiger partial charge in [0.05, 0.1) is 11.1 Å². The van der Waals surface area contributed by atoms with Crippen molar-refractivity contribution >= 4 is 29.2 Å². The second-order valence-electron chi connectivity index (χ2n) is 3.27. The Labute approximate surface area is 107 Å². The molecule has 0 aliphatic rings. The molecule has 0 unspecified atom stereocenters. The number of hydrazine groups is 1. The van der Waals surface area contributed by atoms with Crippen molar-refractivity contribution in [3.8, 4) is 0 Å². The maximum absolute atomic E-state index is 11.5. The summed E-state index contributed by atoms with van der Waals surface area (Å²) >= 11 is 1.30. The molecule has 0 radical (unpaired) electrons. The molecule has 2 N–H and O–H groups in total. The Morgan fingerprint density at radius 3 is 2.78 bits per heavy atom. The summed E-state index contributed by atoms with van der Waals surface area (Å²) in [6, 6.07) is 6.87. The highest BCUT2D eigenvalue weighted by Crippen LogP contribution is 2.07. The lowest BCUT2D eigenvalue weighted by atomic mass is 10.4. The molecule has 0 aliphatic heterocycles. The Kier molecular flexibility index (Phi) is 3.93. The van der Waals surface area contributed by atoms with Gasteiger partial charge in [0.15, 0.2) is 0 Å². The zero-order valence-electron chi connectivity index (χ0n) is 9.25. The number of carbonyl (C=O) groups is 2. The van der Waals surface area contributed by atoms with Crippen LogP contribution in [0.5, 0.6) is 0 Å². The maximum atomic E-state index is 11.5. The number of thiophene rings is 1. The fourth-order valence-electron chi connectivity index (χ4n) is 1.17. The Morgan fingerprint density at radius 2 is 2.11 bits per heavy atom. The van der Waals surface area contributed by atoms with Gasteiger partial charge >= 0.3 is 0 Å². The SMILES string of the molecule is O=C(C=Cc1ccco1)NNC(=O)c1cccs1. The van der Waals surface area contributed by atoms with Crippen molar-refractivity contribution in [2.45, 2.75) is 0 Å². The molecule has 0 fully saturated rings. The lowest BCUT2D eigenvalue weighted by Crippen LogP contribution is -2.40. The molecule has 0 spiro atoms. The lowest BCUT2D eigenvalue weighted by Gasteiger charge is -2.02. The minimum absolute atomic E-state index is 0.343. The zero-order valence-corrected chi connectivity index (χ0v) is 10.1. The highest BCUT2D eigenvalue weighted by molar-refractivity contribution is 7.12. The highest BCUT2D eigenvalue weighted by atomic mass is 32.1. The van der Waals surface area contributed by atoms with Crippen LogP contribution in [0.4, 0.5) is 0 Å². The normalized spacial score (nSPS) is 10.4. The van der Waals surface area contributed by atoms with Crippen LogP contribution in [0.25, 0.3) is 6.08 Å². The van der Waals surface area contributed by atoms with Crippen molar-refractivity contribution in [3.63, 3.8) is 0 Å². The van der Waals surface area contributed by atoms with Gasteiger partial charge in [-0.2, -0.15) is 0 Å². The van der Waals surface area contributed by atoms with Crippen molar-refractivity contribution < 1.29 is 14.0 Å². The van der Waals surface area contributed by atoms with E-state index in [1.54, 1.807) is 29.6 Å². The summed E-state index contributed by atoms with van der Waals surface area (Å²) in [5.41, 5.74) is 4.58. The molecule has 6 heteroatoms. The Morgan fingerprint density at radius 1 is 1.22 bits per heavy atom. The Bertz CT molecular complexity index is 544. The summed E-state index contributed by atoms with van der Waals surface area (Å²) in [4.78, 5) is 23.4. The molecule has 0 saturated carbocycles. The van der Waals surface area contributed by atoms with E-state index in [0.29, 0.717) is 10.6 Å². The highest BCUT2D eigenvalue weighted by Gasteiger charge is 2.06. The van der Waals surface area contributed by atoms with Gasteiger partial charge in [0, 0.05) is 6.08 Å². The van der Waals surface area contributed by atoms with Crippen molar-refractivity contribution in [2.24, 2.45) is 0 Å². The molecule has 2 rings (SSSR count). The first-order valence-electron chi connectivity index (χ1n) is 5.11. The minimum atomic E-state index is -0.434. The van der Waals surface area contributed by atoms with Crippen LogP contribution in [0, 0.1) is 0 Å². The van der Waals surface area contributed by atoms with Crippen molar-refractivity contribution in [3.05, 3.63) is 52.6 Å². The van der Waals surface area contributed by atoms with Crippen LogP contribution >= 0.6 is 11.3 Å². The summed E-state index contributed by atoms with van der Waals surface area (Å²) < 4.78 is 5.02. The van der Waals surface area contributed by atoms with E-state index < -0.39 is 5.91 Å². The van der Waals surface area contributed by atoms with Crippen LogP contribution in [0.2, 0.25) is 0 Å². The van der Waals surface area contributed by atoms with Crippen LogP contribution in [0.1, 0.15) is 15.4 Å². The van der Waals surface area contributed by atoms with E-state index in [1.807, 2.05) is 0 Å². The van der Waals surface area contributed by atoms with Gasteiger partial charge in [0.2, 0.25) is 0 Å². The molecule has 0 aromatic carbocycles. The summed E-state index contributed by atoms with van der Waals surface area (Å²) in [6.45, 7) is 0. The van der Waals surface area contributed by atoms with Crippen LogP contribution in [0.3, 0.4) is 0 Å². The molecular formula is C12H10N2O3S. The standard InChI is InChI=1S/C12H10N2O3S/c15-11(6-5-9-3-1-7-17-9)13-14-12(16)10-4-2-8-18-10/h1-8H,(H,13,15)(H,14,16). The maximum Gasteiger partial charge on any atom is 0.279 e. The summed E-state index contributed by atoms with van der Waals surface area (Å²) in [5, 5.41) is 1.79. The Balaban J connectivity index is 1.80. The molecule has 2 amide bonds. The number of rotatable bonds is 3. The van der Waals surface area contributed by atoms with E-state index in [2.05, 4.69) is 10.9 Å². The van der Waals surface area contributed by atoms with Gasteiger partial charge in [0.1, 0.15) is 5.76 Å². The molecule has 5 nitrogen and oxygen atoms in total. The van der Waals surface area contributed by atoms with Crippen LogP contribution in [0.15, 0.2) is 46.4 Å². The zero-order chi connectivity index (χ0) is 12.8. The Hall–Kier alpha value is -2.34. The minimum Gasteiger partial charge on any atom is -0.465 e. The number of amides is 2. The van der Waals surface area contributed by atoms with Crippen LogP contribution in [-0.4, -0.2) is 11.8 Å². The van der Waals surface area contributed by atoms with Gasteiger partial charge < -0.3 is 4.42 Å². The van der Waals surface area contributed by atoms with E-state index in [4.69, 9.17) is 4.42 Å². The molecule has 18 heavy (non-hydrogen) atoms. The number of hydrogen-bond donors (Lipinski definition) is 2. The topological polar surface area (TPSA) is 71.3 Å². The molecule has 0 bridgehead atoms. The fraction of sp³-hybridized carbons (Fsp3) is 0. The molecule has 0 saturated heterocycles. The average molecular weight is 262 g/mol. The third kappa shape index (κ3) is 3.33. The monoisotopic (exact) mass is 262 g/mol. The quantitative estimate of drug-likeness (QED) is 0.654. The van der Waals surface area contributed by atoms with Crippen LogP contribution in [-0.2, 0) is 4.79 Å². The molecule has 0 atom stereocenters. The molecule has 2 aromatic heterocycles.